The Hall–Kier alpha value is -4.47. The van der Waals surface area contributed by atoms with Crippen molar-refractivity contribution in [1.29, 1.82) is 0 Å². The monoisotopic (exact) mass is 553 g/mol. The van der Waals surface area contributed by atoms with Gasteiger partial charge >= 0.3 is 5.91 Å². The van der Waals surface area contributed by atoms with Gasteiger partial charge in [-0.25, -0.2) is 4.98 Å². The molecule has 0 fully saturated rings. The molecule has 212 valence electrons. The summed E-state index contributed by atoms with van der Waals surface area (Å²) in [4.78, 5) is 36.4. The summed E-state index contributed by atoms with van der Waals surface area (Å²) in [6, 6.07) is 27.2. The highest BCUT2D eigenvalue weighted by atomic mass is 16.5. The summed E-state index contributed by atoms with van der Waals surface area (Å²) in [7, 11) is 3.33. The van der Waals surface area contributed by atoms with Crippen molar-refractivity contribution in [2.45, 2.75) is 33.1 Å². The molecule has 0 aliphatic rings. The summed E-state index contributed by atoms with van der Waals surface area (Å²) >= 11 is 0. The molecule has 0 radical (unpaired) electrons. The maximum Gasteiger partial charge on any atom is 0.334 e. The number of ether oxygens (including phenoxy) is 2. The van der Waals surface area contributed by atoms with Crippen molar-refractivity contribution >= 4 is 5.91 Å². The van der Waals surface area contributed by atoms with Gasteiger partial charge in [-0.1, -0.05) is 36.4 Å². The van der Waals surface area contributed by atoms with E-state index < -0.39 is 5.91 Å². The topological polar surface area (TPSA) is 97.2 Å². The third kappa shape index (κ3) is 9.02. The molecule has 9 heteroatoms. The lowest BCUT2D eigenvalue weighted by atomic mass is 10.1. The number of carbonyl (C=O) groups excluding carboxylic acids is 1. The van der Waals surface area contributed by atoms with Gasteiger partial charge in [0.1, 0.15) is 17.2 Å². The van der Waals surface area contributed by atoms with Crippen LogP contribution in [0.2, 0.25) is 0 Å². The molecular weight excluding hydrogens is 518 g/mol. The van der Waals surface area contributed by atoms with Crippen LogP contribution in [0.4, 0.5) is 0 Å². The summed E-state index contributed by atoms with van der Waals surface area (Å²) < 4.78 is 10.9. The quantitative estimate of drug-likeness (QED) is 0.191. The number of nitroso groups, excluding NO2 is 1. The number of nitrogens with zero attached hydrogens (tertiary/aromatic N) is 5. The second-order valence-corrected chi connectivity index (χ2v) is 9.81. The first kappa shape index (κ1) is 29.5. The highest BCUT2D eigenvalue weighted by Crippen LogP contribution is 2.18. The van der Waals surface area contributed by atoms with E-state index in [1.54, 1.807) is 20.3 Å². The van der Waals surface area contributed by atoms with E-state index in [1.165, 1.54) is 6.07 Å². The van der Waals surface area contributed by atoms with Crippen molar-refractivity contribution in [2.24, 2.45) is 5.18 Å². The van der Waals surface area contributed by atoms with Crippen LogP contribution < -0.4 is 9.47 Å². The number of rotatable bonds is 14. The number of benzene rings is 2. The number of aromatic nitrogens is 2. The number of aryl methyl sites for hydroxylation is 1. The number of pyridine rings is 2. The van der Waals surface area contributed by atoms with Crippen molar-refractivity contribution in [2.75, 3.05) is 27.3 Å². The molecule has 1 amide bonds. The van der Waals surface area contributed by atoms with E-state index in [-0.39, 0.29) is 5.69 Å². The molecule has 0 saturated carbocycles. The van der Waals surface area contributed by atoms with E-state index in [0.29, 0.717) is 38.4 Å². The minimum Gasteiger partial charge on any atom is -0.497 e. The highest BCUT2D eigenvalue weighted by molar-refractivity contribution is 5.92. The zero-order chi connectivity index (χ0) is 29.0. The van der Waals surface area contributed by atoms with Crippen LogP contribution in [0.1, 0.15) is 38.7 Å². The molecule has 9 nitrogen and oxygen atoms in total. The molecule has 4 aromatic rings. The lowest BCUT2D eigenvalue weighted by Gasteiger charge is -2.28. The van der Waals surface area contributed by atoms with Crippen molar-refractivity contribution in [1.82, 2.24) is 19.8 Å². The zero-order valence-electron chi connectivity index (χ0n) is 23.7. The average Bonchev–Trinajstić information content (AvgIpc) is 2.99. The molecule has 0 atom stereocenters. The van der Waals surface area contributed by atoms with Crippen molar-refractivity contribution in [3.05, 3.63) is 124 Å². The number of hydrogen-bond acceptors (Lipinski definition) is 8. The van der Waals surface area contributed by atoms with Gasteiger partial charge in [-0.2, -0.15) is 0 Å². The molecule has 0 aliphatic carbocycles. The van der Waals surface area contributed by atoms with E-state index in [2.05, 4.69) is 38.2 Å². The van der Waals surface area contributed by atoms with Crippen LogP contribution in [0, 0.1) is 11.8 Å². The first-order valence-corrected chi connectivity index (χ1v) is 13.4. The summed E-state index contributed by atoms with van der Waals surface area (Å²) in [6.07, 6.45) is 0. The Kier molecular flexibility index (Phi) is 10.6. The van der Waals surface area contributed by atoms with Crippen molar-refractivity contribution in [3.63, 3.8) is 0 Å². The minimum atomic E-state index is -0.874. The Balaban J connectivity index is 1.57. The lowest BCUT2D eigenvalue weighted by Crippen LogP contribution is -2.34. The van der Waals surface area contributed by atoms with Gasteiger partial charge in [0, 0.05) is 50.1 Å². The highest BCUT2D eigenvalue weighted by Gasteiger charge is 2.16. The summed E-state index contributed by atoms with van der Waals surface area (Å²) in [5, 5.41) is 2.52. The first-order valence-electron chi connectivity index (χ1n) is 13.4. The van der Waals surface area contributed by atoms with Crippen LogP contribution in [0.3, 0.4) is 0 Å². The SMILES string of the molecule is COc1cccc(CN(CCN(Cc2cccc(OC)c2)Cc2cccc(C(=O)N=O)n2)Cc2cccc(C)n2)c1. The van der Waals surface area contributed by atoms with E-state index in [0.717, 1.165) is 40.6 Å². The molecular formula is C32H35N5O4. The van der Waals surface area contributed by atoms with Crippen LogP contribution in [-0.2, 0) is 26.2 Å². The second-order valence-electron chi connectivity index (χ2n) is 9.81. The number of amides is 1. The van der Waals surface area contributed by atoms with Gasteiger partial charge in [0.05, 0.1) is 25.6 Å². The van der Waals surface area contributed by atoms with E-state index in [9.17, 15) is 9.70 Å². The van der Waals surface area contributed by atoms with Gasteiger partial charge < -0.3 is 9.47 Å². The Labute approximate surface area is 240 Å². The maximum atomic E-state index is 11.9. The average molecular weight is 554 g/mol. The van der Waals surface area contributed by atoms with Gasteiger partial charge in [-0.3, -0.25) is 19.6 Å². The number of hydrogen-bond donors (Lipinski definition) is 0. The predicted octanol–water partition coefficient (Wildman–Crippen LogP) is 5.41. The molecule has 0 unspecified atom stereocenters. The van der Waals surface area contributed by atoms with Crippen LogP contribution >= 0.6 is 0 Å². The number of carbonyl (C=O) groups is 1. The fourth-order valence-electron chi connectivity index (χ4n) is 4.65. The third-order valence-electron chi connectivity index (χ3n) is 6.64. The minimum absolute atomic E-state index is 0.0454. The number of methoxy groups -OCH3 is 2. The Morgan fingerprint density at radius 1 is 0.707 bits per heavy atom. The standard InChI is InChI=1S/C32H35N5O4/c1-24-8-4-11-27(33-24)22-36(20-25-9-5-13-29(18-25)40-2)16-17-37(21-26-10-6-14-30(19-26)41-3)23-28-12-7-15-31(34-28)32(38)35-39/h4-15,18-19H,16-17,20-23H2,1-3H3. The van der Waals surface area contributed by atoms with Crippen molar-refractivity contribution in [3.8, 4) is 11.5 Å². The smallest absolute Gasteiger partial charge is 0.334 e. The van der Waals surface area contributed by atoms with Gasteiger partial charge in [-0.15, -0.1) is 4.91 Å². The first-order chi connectivity index (χ1) is 19.9. The van der Waals surface area contributed by atoms with Crippen LogP contribution in [0.5, 0.6) is 11.5 Å². The van der Waals surface area contributed by atoms with Crippen LogP contribution in [-0.4, -0.2) is 53.0 Å². The third-order valence-corrected chi connectivity index (χ3v) is 6.64. The predicted molar refractivity (Wildman–Crippen MR) is 158 cm³/mol. The fraction of sp³-hybridized carbons (Fsp3) is 0.281. The molecule has 0 bridgehead atoms. The van der Waals surface area contributed by atoms with Crippen LogP contribution in [0.25, 0.3) is 0 Å². The van der Waals surface area contributed by atoms with Crippen LogP contribution in [0.15, 0.2) is 90.1 Å². The van der Waals surface area contributed by atoms with Gasteiger partial charge in [0.2, 0.25) is 0 Å². The normalized spacial score (nSPS) is 11.0. The lowest BCUT2D eigenvalue weighted by molar-refractivity contribution is 0.0995. The Morgan fingerprint density at radius 3 is 1.73 bits per heavy atom. The maximum absolute atomic E-state index is 11.9. The van der Waals surface area contributed by atoms with Gasteiger partial charge in [0.25, 0.3) is 0 Å². The second kappa shape index (κ2) is 14.8. The molecule has 4 rings (SSSR count). The van der Waals surface area contributed by atoms with Gasteiger partial charge in [-0.05, 0) is 66.6 Å². The van der Waals surface area contributed by atoms with E-state index in [1.807, 2.05) is 61.5 Å². The van der Waals surface area contributed by atoms with Crippen molar-refractivity contribution < 1.29 is 14.3 Å². The molecule has 0 saturated heterocycles. The molecule has 0 aliphatic heterocycles. The summed E-state index contributed by atoms with van der Waals surface area (Å²) in [6.45, 7) is 5.96. The largest absolute Gasteiger partial charge is 0.497 e. The van der Waals surface area contributed by atoms with Gasteiger partial charge in [0.15, 0.2) is 0 Å². The molecule has 2 heterocycles. The summed E-state index contributed by atoms with van der Waals surface area (Å²) in [5.41, 5.74) is 4.94. The Morgan fingerprint density at radius 2 is 1.22 bits per heavy atom. The molecule has 0 N–H and O–H groups in total. The zero-order valence-corrected chi connectivity index (χ0v) is 23.7. The Bertz CT molecular complexity index is 1460. The molecule has 2 aromatic heterocycles. The molecule has 0 spiro atoms. The summed E-state index contributed by atoms with van der Waals surface area (Å²) in [5.74, 6) is 0.734. The molecule has 2 aromatic carbocycles. The van der Waals surface area contributed by atoms with E-state index >= 15 is 0 Å². The molecule has 41 heavy (non-hydrogen) atoms. The fourth-order valence-corrected chi connectivity index (χ4v) is 4.65. The van der Waals surface area contributed by atoms with E-state index in [4.69, 9.17) is 14.5 Å².